The summed E-state index contributed by atoms with van der Waals surface area (Å²) in [6.45, 7) is 6.27. The second-order valence-electron chi connectivity index (χ2n) is 9.80. The average Bonchev–Trinajstić information content (AvgIpc) is 3.54. The summed E-state index contributed by atoms with van der Waals surface area (Å²) in [5.74, 6) is -2.26. The molecule has 0 bridgehead atoms. The number of carbonyl (C=O) groups excluding carboxylic acids is 4. The van der Waals surface area contributed by atoms with Crippen molar-refractivity contribution in [2.24, 2.45) is 10.6 Å². The van der Waals surface area contributed by atoms with Gasteiger partial charge in [-0.15, -0.1) is 34.4 Å². The Balaban J connectivity index is 1.55. The Bertz CT molecular complexity index is 1460. The summed E-state index contributed by atoms with van der Waals surface area (Å²) in [5, 5.41) is 7.59. The lowest BCUT2D eigenvalue weighted by Crippen LogP contribution is -2.71. The van der Waals surface area contributed by atoms with E-state index >= 15 is 0 Å². The lowest BCUT2D eigenvalue weighted by molar-refractivity contribution is -0.173. The third kappa shape index (κ3) is 6.60. The van der Waals surface area contributed by atoms with Gasteiger partial charge >= 0.3 is 11.9 Å². The summed E-state index contributed by atoms with van der Waals surface area (Å²) in [6, 6.07) is -0.957. The highest BCUT2D eigenvalue weighted by Crippen LogP contribution is 2.41. The number of fused-ring (bicyclic) bond motifs is 1. The number of anilines is 1. The maximum Gasteiger partial charge on any atom is 0.358 e. The number of hydrogen-bond acceptors (Lipinski definition) is 14. The first-order valence-corrected chi connectivity index (χ1v) is 15.0. The molecule has 0 saturated carbocycles. The van der Waals surface area contributed by atoms with Gasteiger partial charge in [-0.3, -0.25) is 19.3 Å². The minimum absolute atomic E-state index is 0.00697. The van der Waals surface area contributed by atoms with E-state index in [9.17, 15) is 19.2 Å². The van der Waals surface area contributed by atoms with Crippen molar-refractivity contribution in [1.82, 2.24) is 20.2 Å². The molecule has 0 aliphatic carbocycles. The molecule has 0 unspecified atom stereocenters. The highest BCUT2D eigenvalue weighted by molar-refractivity contribution is 8.00. The number of nitrogens with zero attached hydrogens (tertiary/aromatic N) is 4. The Morgan fingerprint density at radius 2 is 2.00 bits per heavy atom. The molecule has 2 aromatic rings. The van der Waals surface area contributed by atoms with Crippen LogP contribution in [0.3, 0.4) is 0 Å². The van der Waals surface area contributed by atoms with Crippen LogP contribution in [-0.2, 0) is 33.5 Å². The summed E-state index contributed by atoms with van der Waals surface area (Å²) < 4.78 is 10.3. The van der Waals surface area contributed by atoms with Gasteiger partial charge in [-0.2, -0.15) is 0 Å². The zero-order valence-corrected chi connectivity index (χ0v) is 25.3. The first-order chi connectivity index (χ1) is 19.4. The molecule has 4 heterocycles. The standard InChI is InChI=1S/C25H28N6O7S3/c1-12-15(41-10-27-12)7-6-13-8-39-21-17(29-19(32)16(30-36-5)14-9-40-24(26)28-14)20(33)31(21)18(13)22(34)37-11-38-23(35)25(2,3)4/h6-7,9-10,17,21H,8,11H2,1-5H3,(H2,26,28)(H,29,32)/b7-6-,30-16+/t17-,21+/m0/s1. The lowest BCUT2D eigenvalue weighted by Gasteiger charge is -2.49. The van der Waals surface area contributed by atoms with Crippen LogP contribution in [0.15, 0.2) is 33.4 Å². The SMILES string of the molecule is CO/N=C(/C(=O)N[C@H]1C(=O)N2C(C(=O)OCOC(=O)C(C)(C)C)=C(/C=C\c3scnc3C)CS[C@H]12)c1csc(N)n1. The highest BCUT2D eigenvalue weighted by Gasteiger charge is 2.54. The van der Waals surface area contributed by atoms with E-state index in [2.05, 4.69) is 20.4 Å². The van der Waals surface area contributed by atoms with Crippen LogP contribution in [0.4, 0.5) is 5.13 Å². The highest BCUT2D eigenvalue weighted by atomic mass is 32.2. The molecule has 0 aromatic carbocycles. The number of nitrogens with one attached hydrogen (secondary N) is 1. The molecule has 2 amide bonds. The summed E-state index contributed by atoms with van der Waals surface area (Å²) >= 11 is 3.92. The molecule has 41 heavy (non-hydrogen) atoms. The third-order valence-electron chi connectivity index (χ3n) is 5.85. The van der Waals surface area contributed by atoms with E-state index in [0.717, 1.165) is 21.9 Å². The quantitative estimate of drug-likeness (QED) is 0.138. The van der Waals surface area contributed by atoms with Crippen molar-refractivity contribution in [3.8, 4) is 0 Å². The Morgan fingerprint density at radius 3 is 2.61 bits per heavy atom. The number of nitrogens with two attached hydrogens (primary N) is 1. The van der Waals surface area contributed by atoms with Crippen molar-refractivity contribution in [2.75, 3.05) is 25.4 Å². The van der Waals surface area contributed by atoms with E-state index < -0.39 is 47.4 Å². The minimum Gasteiger partial charge on any atom is -0.427 e. The Hall–Kier alpha value is -3.76. The van der Waals surface area contributed by atoms with Crippen molar-refractivity contribution in [2.45, 2.75) is 39.1 Å². The van der Waals surface area contributed by atoms with E-state index in [0.29, 0.717) is 11.3 Å². The molecule has 218 valence electrons. The van der Waals surface area contributed by atoms with Gasteiger partial charge in [-0.25, -0.2) is 14.8 Å². The molecule has 13 nitrogen and oxygen atoms in total. The number of allylic oxidation sites excluding steroid dienone is 1. The number of amides is 2. The Labute approximate surface area is 247 Å². The van der Waals surface area contributed by atoms with Crippen molar-refractivity contribution in [3.05, 3.63) is 44.5 Å². The number of esters is 2. The number of aryl methyl sites for hydroxylation is 1. The van der Waals surface area contributed by atoms with Crippen LogP contribution in [0.1, 0.15) is 37.0 Å². The van der Waals surface area contributed by atoms with Gasteiger partial charge in [-0.1, -0.05) is 11.2 Å². The number of ether oxygens (including phenoxy) is 2. The largest absolute Gasteiger partial charge is 0.427 e. The Kier molecular flexibility index (Phi) is 9.14. The number of carbonyl (C=O) groups is 4. The van der Waals surface area contributed by atoms with Gasteiger partial charge in [0.25, 0.3) is 11.8 Å². The van der Waals surface area contributed by atoms with Crippen LogP contribution in [0, 0.1) is 12.3 Å². The molecule has 2 aromatic heterocycles. The maximum atomic E-state index is 13.3. The number of hydrogen-bond donors (Lipinski definition) is 2. The van der Waals surface area contributed by atoms with Gasteiger partial charge in [0.1, 0.15) is 29.9 Å². The molecular formula is C25H28N6O7S3. The summed E-state index contributed by atoms with van der Waals surface area (Å²) in [6.07, 6.45) is 3.55. The number of rotatable bonds is 9. The monoisotopic (exact) mass is 620 g/mol. The van der Waals surface area contributed by atoms with Crippen LogP contribution in [0.5, 0.6) is 0 Å². The fraction of sp³-hybridized carbons (Fsp3) is 0.400. The first kappa shape index (κ1) is 30.2. The molecule has 1 saturated heterocycles. The van der Waals surface area contributed by atoms with Gasteiger partial charge in [0.05, 0.1) is 16.6 Å². The molecule has 0 radical (unpaired) electrons. The number of oxime groups is 1. The fourth-order valence-electron chi connectivity index (χ4n) is 3.73. The fourth-order valence-corrected chi connectivity index (χ4v) is 6.29. The van der Waals surface area contributed by atoms with Crippen LogP contribution in [0.25, 0.3) is 6.08 Å². The van der Waals surface area contributed by atoms with Crippen LogP contribution < -0.4 is 11.1 Å². The lowest BCUT2D eigenvalue weighted by atomic mass is 9.98. The third-order valence-corrected chi connectivity index (χ3v) is 8.72. The number of nitrogen functional groups attached to an aromatic ring is 1. The van der Waals surface area contributed by atoms with Gasteiger partial charge in [-0.05, 0) is 39.3 Å². The molecule has 2 aliphatic heterocycles. The topological polar surface area (TPSA) is 175 Å². The summed E-state index contributed by atoms with van der Waals surface area (Å²) in [4.78, 5) is 67.0. The number of thioether (sulfide) groups is 1. The van der Waals surface area contributed by atoms with Crippen molar-refractivity contribution >= 4 is 75.1 Å². The molecule has 0 spiro atoms. The average molecular weight is 621 g/mol. The smallest absolute Gasteiger partial charge is 0.358 e. The van der Waals surface area contributed by atoms with E-state index in [1.807, 2.05) is 13.0 Å². The molecular weight excluding hydrogens is 593 g/mol. The van der Waals surface area contributed by atoms with Gasteiger partial charge in [0.2, 0.25) is 6.79 Å². The molecule has 1 fully saturated rings. The van der Waals surface area contributed by atoms with Gasteiger partial charge in [0, 0.05) is 16.0 Å². The van der Waals surface area contributed by atoms with Crippen molar-refractivity contribution < 1.29 is 33.5 Å². The first-order valence-electron chi connectivity index (χ1n) is 12.2. The summed E-state index contributed by atoms with van der Waals surface area (Å²) in [7, 11) is 1.28. The van der Waals surface area contributed by atoms with E-state index in [-0.39, 0.29) is 22.2 Å². The number of β-lactam (4-membered cyclic amide) rings is 1. The van der Waals surface area contributed by atoms with Gasteiger partial charge < -0.3 is 25.4 Å². The van der Waals surface area contributed by atoms with E-state index in [1.54, 1.807) is 37.7 Å². The second kappa shape index (κ2) is 12.4. The minimum atomic E-state index is -0.957. The Morgan fingerprint density at radius 1 is 1.24 bits per heavy atom. The molecule has 4 rings (SSSR count). The maximum absolute atomic E-state index is 13.3. The molecule has 16 heteroatoms. The van der Waals surface area contributed by atoms with Crippen molar-refractivity contribution in [1.29, 1.82) is 0 Å². The predicted octanol–water partition coefficient (Wildman–Crippen LogP) is 2.30. The van der Waals surface area contributed by atoms with Crippen LogP contribution in [-0.4, -0.2) is 75.4 Å². The summed E-state index contributed by atoms with van der Waals surface area (Å²) in [5.41, 5.74) is 8.03. The van der Waals surface area contributed by atoms with Crippen molar-refractivity contribution in [3.63, 3.8) is 0 Å². The van der Waals surface area contributed by atoms with Crippen LogP contribution in [0.2, 0.25) is 0 Å². The normalized spacial score (nSPS) is 19.1. The molecule has 2 atom stereocenters. The van der Waals surface area contributed by atoms with Gasteiger partial charge in [0.15, 0.2) is 10.8 Å². The molecule has 3 N–H and O–H groups in total. The molecule has 2 aliphatic rings. The number of thiazole rings is 2. The zero-order valence-electron chi connectivity index (χ0n) is 22.8. The predicted molar refractivity (Wildman–Crippen MR) is 155 cm³/mol. The zero-order chi connectivity index (χ0) is 29.9. The van der Waals surface area contributed by atoms with Crippen LogP contribution >= 0.6 is 34.4 Å². The van der Waals surface area contributed by atoms with E-state index in [1.165, 1.54) is 35.1 Å². The van der Waals surface area contributed by atoms with E-state index in [4.69, 9.17) is 20.0 Å². The second-order valence-corrected chi connectivity index (χ2v) is 12.7. The number of aromatic nitrogens is 2.